The zero-order chi connectivity index (χ0) is 34.9. The van der Waals surface area contributed by atoms with Crippen molar-refractivity contribution in [3.05, 3.63) is 194 Å². The maximum Gasteiger partial charge on any atom is 0.145 e. The van der Waals surface area contributed by atoms with E-state index in [4.69, 9.17) is 4.98 Å². The third-order valence-electron chi connectivity index (χ3n) is 10.6. The number of benzene rings is 8. The smallest absolute Gasteiger partial charge is 0.145 e. The first-order valence-electron chi connectivity index (χ1n) is 18.1. The third kappa shape index (κ3) is 4.59. The van der Waals surface area contributed by atoms with E-state index in [9.17, 15) is 0 Å². The van der Waals surface area contributed by atoms with Crippen molar-refractivity contribution < 1.29 is 0 Å². The molecule has 0 saturated carbocycles. The number of imidazole rings is 1. The molecule has 0 fully saturated rings. The lowest BCUT2D eigenvalue weighted by molar-refractivity contribution is 1.10. The molecule has 4 nitrogen and oxygen atoms in total. The number of rotatable bonds is 5. The van der Waals surface area contributed by atoms with E-state index in [2.05, 4.69) is 208 Å². The molecule has 0 aliphatic rings. The van der Waals surface area contributed by atoms with Crippen LogP contribution in [0.15, 0.2) is 194 Å². The van der Waals surface area contributed by atoms with Crippen molar-refractivity contribution in [3.63, 3.8) is 0 Å². The topological polar surface area (TPSA) is 27.7 Å². The summed E-state index contributed by atoms with van der Waals surface area (Å²) in [4.78, 5) is 5.16. The van der Waals surface area contributed by atoms with Gasteiger partial charge >= 0.3 is 0 Å². The van der Waals surface area contributed by atoms with Gasteiger partial charge in [0.1, 0.15) is 5.82 Å². The van der Waals surface area contributed by atoms with Crippen molar-refractivity contribution in [3.8, 4) is 39.6 Å². The second kappa shape index (κ2) is 11.7. The van der Waals surface area contributed by atoms with Gasteiger partial charge in [-0.25, -0.2) is 4.98 Å². The summed E-state index contributed by atoms with van der Waals surface area (Å²) < 4.78 is 7.03. The Hall–Kier alpha value is -7.17. The number of hydrogen-bond donors (Lipinski definition) is 0. The largest absolute Gasteiger partial charge is 0.309 e. The number of nitrogens with zero attached hydrogens (tertiary/aromatic N) is 4. The second-order valence-corrected chi connectivity index (χ2v) is 13.6. The lowest BCUT2D eigenvalue weighted by Gasteiger charge is -2.12. The molecule has 11 rings (SSSR count). The zero-order valence-electron chi connectivity index (χ0n) is 28.8. The maximum atomic E-state index is 5.16. The van der Waals surface area contributed by atoms with Crippen LogP contribution in [0.1, 0.15) is 0 Å². The van der Waals surface area contributed by atoms with Crippen LogP contribution in [0.25, 0.3) is 94.2 Å². The van der Waals surface area contributed by atoms with Crippen LogP contribution in [0, 0.1) is 0 Å². The van der Waals surface area contributed by atoms with E-state index < -0.39 is 0 Å². The van der Waals surface area contributed by atoms with Gasteiger partial charge in [0.05, 0.1) is 33.1 Å². The first kappa shape index (κ1) is 29.5. The maximum absolute atomic E-state index is 5.16. The van der Waals surface area contributed by atoms with Crippen LogP contribution in [0.2, 0.25) is 0 Å². The van der Waals surface area contributed by atoms with Gasteiger partial charge < -0.3 is 9.13 Å². The number of hydrogen-bond acceptors (Lipinski definition) is 1. The highest BCUT2D eigenvalue weighted by Gasteiger charge is 2.18. The lowest BCUT2D eigenvalue weighted by atomic mass is 10.0. The van der Waals surface area contributed by atoms with Crippen molar-refractivity contribution >= 4 is 54.6 Å². The van der Waals surface area contributed by atoms with Gasteiger partial charge in [-0.2, -0.15) is 0 Å². The minimum atomic E-state index is 0.923. The Morgan fingerprint density at radius 2 is 0.755 bits per heavy atom. The van der Waals surface area contributed by atoms with E-state index in [1.54, 1.807) is 0 Å². The Morgan fingerprint density at radius 3 is 1.38 bits per heavy atom. The van der Waals surface area contributed by atoms with Crippen molar-refractivity contribution in [1.82, 2.24) is 18.7 Å². The molecule has 3 aromatic heterocycles. The molecule has 0 saturated heterocycles. The number of aromatic nitrogens is 4. The molecule has 0 aliphatic heterocycles. The quantitative estimate of drug-likeness (QED) is 0.178. The molecule has 3 heterocycles. The molecular formula is C49H32N4. The molecule has 11 aromatic rings. The molecule has 53 heavy (non-hydrogen) atoms. The first-order chi connectivity index (χ1) is 26.3. The summed E-state index contributed by atoms with van der Waals surface area (Å²) >= 11 is 0. The SMILES string of the molecule is c1ccc(-n2c(-c3cccc(-n4c5ccccc5c5cc(-c6ccc7c(c6)c6ccccc6n7-c6ccccc6)ccc54)c3)nc3ccccc32)cc1. The van der Waals surface area contributed by atoms with E-state index in [-0.39, 0.29) is 0 Å². The normalized spacial score (nSPS) is 11.8. The first-order valence-corrected chi connectivity index (χ1v) is 18.1. The van der Waals surface area contributed by atoms with Crippen LogP contribution < -0.4 is 0 Å². The lowest BCUT2D eigenvalue weighted by Crippen LogP contribution is -1.99. The zero-order valence-corrected chi connectivity index (χ0v) is 28.8. The van der Waals surface area contributed by atoms with Crippen LogP contribution in [-0.4, -0.2) is 18.7 Å². The van der Waals surface area contributed by atoms with E-state index in [0.717, 1.165) is 33.8 Å². The van der Waals surface area contributed by atoms with Crippen molar-refractivity contribution in [1.29, 1.82) is 0 Å². The van der Waals surface area contributed by atoms with Crippen LogP contribution in [-0.2, 0) is 0 Å². The Kier molecular flexibility index (Phi) is 6.52. The fourth-order valence-corrected chi connectivity index (χ4v) is 8.28. The monoisotopic (exact) mass is 676 g/mol. The fourth-order valence-electron chi connectivity index (χ4n) is 8.28. The summed E-state index contributed by atoms with van der Waals surface area (Å²) in [5.74, 6) is 0.923. The van der Waals surface area contributed by atoms with Crippen LogP contribution in [0.4, 0.5) is 0 Å². The minimum absolute atomic E-state index is 0.923. The van der Waals surface area contributed by atoms with Crippen LogP contribution in [0.5, 0.6) is 0 Å². The predicted molar refractivity (Wildman–Crippen MR) is 221 cm³/mol. The molecule has 0 radical (unpaired) electrons. The highest BCUT2D eigenvalue weighted by Crippen LogP contribution is 2.39. The summed E-state index contributed by atoms with van der Waals surface area (Å²) in [6.07, 6.45) is 0. The number of para-hydroxylation sites is 6. The molecule has 0 amide bonds. The summed E-state index contributed by atoms with van der Waals surface area (Å²) in [7, 11) is 0. The van der Waals surface area contributed by atoms with Gasteiger partial charge in [0.2, 0.25) is 0 Å². The van der Waals surface area contributed by atoms with E-state index >= 15 is 0 Å². The predicted octanol–water partition coefficient (Wildman–Crippen LogP) is 12.6. The summed E-state index contributed by atoms with van der Waals surface area (Å²) in [5.41, 5.74) is 13.7. The molecular weight excluding hydrogens is 645 g/mol. The summed E-state index contributed by atoms with van der Waals surface area (Å²) in [6.45, 7) is 0. The molecule has 0 aliphatic carbocycles. The molecule has 0 unspecified atom stereocenters. The van der Waals surface area contributed by atoms with Gasteiger partial charge in [-0.3, -0.25) is 4.57 Å². The molecule has 248 valence electrons. The Bertz CT molecular complexity index is 3160. The standard InChI is InChI=1S/C49H32N4/c1-3-15-36(16-4-1)51-44-23-10-7-20-39(44)41-31-33(26-28-46(41)51)34-27-29-47-42(32-34)40-21-8-11-24-45(40)52(47)38-19-13-14-35(30-38)49-50-43-22-9-12-25-48(43)53(49)37-17-5-2-6-18-37/h1-32H. The van der Waals surface area contributed by atoms with E-state index in [0.29, 0.717) is 0 Å². The average Bonchev–Trinajstić information content (AvgIpc) is 3.89. The fraction of sp³-hybridized carbons (Fsp3) is 0. The van der Waals surface area contributed by atoms with Gasteiger partial charge in [-0.05, 0) is 96.1 Å². The van der Waals surface area contributed by atoms with Crippen molar-refractivity contribution in [2.24, 2.45) is 0 Å². The van der Waals surface area contributed by atoms with Gasteiger partial charge in [0, 0.05) is 44.2 Å². The summed E-state index contributed by atoms with van der Waals surface area (Å²) in [5, 5.41) is 4.97. The molecule has 4 heteroatoms. The Morgan fingerprint density at radius 1 is 0.283 bits per heavy atom. The molecule has 0 spiro atoms. The van der Waals surface area contributed by atoms with E-state index in [1.807, 2.05) is 0 Å². The van der Waals surface area contributed by atoms with Crippen LogP contribution >= 0.6 is 0 Å². The number of fused-ring (bicyclic) bond motifs is 7. The molecule has 0 N–H and O–H groups in total. The Balaban J connectivity index is 1.07. The van der Waals surface area contributed by atoms with E-state index in [1.165, 1.54) is 60.4 Å². The van der Waals surface area contributed by atoms with Crippen molar-refractivity contribution in [2.75, 3.05) is 0 Å². The van der Waals surface area contributed by atoms with Crippen LogP contribution in [0.3, 0.4) is 0 Å². The minimum Gasteiger partial charge on any atom is -0.309 e. The molecule has 8 aromatic carbocycles. The highest BCUT2D eigenvalue weighted by molar-refractivity contribution is 6.12. The third-order valence-corrected chi connectivity index (χ3v) is 10.6. The molecule has 0 atom stereocenters. The second-order valence-electron chi connectivity index (χ2n) is 13.6. The molecule has 0 bridgehead atoms. The average molecular weight is 677 g/mol. The van der Waals surface area contributed by atoms with Gasteiger partial charge in [0.15, 0.2) is 0 Å². The van der Waals surface area contributed by atoms with Gasteiger partial charge in [-0.1, -0.05) is 109 Å². The van der Waals surface area contributed by atoms with Crippen molar-refractivity contribution in [2.45, 2.75) is 0 Å². The Labute approximate surface area is 306 Å². The highest BCUT2D eigenvalue weighted by atomic mass is 15.1. The summed E-state index contributed by atoms with van der Waals surface area (Å²) in [6, 6.07) is 69.6. The van der Waals surface area contributed by atoms with Gasteiger partial charge in [0.25, 0.3) is 0 Å². The van der Waals surface area contributed by atoms with Gasteiger partial charge in [-0.15, -0.1) is 0 Å².